The van der Waals surface area contributed by atoms with Crippen LogP contribution in [-0.4, -0.2) is 81.6 Å². The number of nitrogens with one attached hydrogen (secondary N) is 1. The van der Waals surface area contributed by atoms with Crippen molar-refractivity contribution in [1.82, 2.24) is 5.32 Å². The normalized spacial score (nSPS) is 16.5. The largest absolute Gasteiger partial charge is 0.460 e. The van der Waals surface area contributed by atoms with Gasteiger partial charge in [-0.05, 0) is 6.92 Å². The Hall–Kier alpha value is -1.52. The number of aliphatic hydroxyl groups is 5. The number of hydrogen-bond acceptors (Lipinski definition) is 8. The van der Waals surface area contributed by atoms with Crippen LogP contribution in [0.15, 0.2) is 12.2 Å². The number of aliphatic hydroxyl groups excluding tert-OH is 5. The Kier molecular flexibility index (Phi) is 8.74. The smallest absolute Gasteiger partial charge is 0.333 e. The zero-order chi connectivity index (χ0) is 16.6. The summed E-state index contributed by atoms with van der Waals surface area (Å²) in [4.78, 5) is 22.5. The van der Waals surface area contributed by atoms with Crippen molar-refractivity contribution < 1.29 is 39.9 Å². The fraction of sp³-hybridized carbons (Fsp3) is 0.667. The second-order valence-corrected chi connectivity index (χ2v) is 4.38. The lowest BCUT2D eigenvalue weighted by Gasteiger charge is -2.24. The van der Waals surface area contributed by atoms with Crippen molar-refractivity contribution in [2.45, 2.75) is 31.3 Å². The third-order valence-corrected chi connectivity index (χ3v) is 2.51. The van der Waals surface area contributed by atoms with Gasteiger partial charge in [-0.15, -0.1) is 0 Å². The number of hydrogen-bond donors (Lipinski definition) is 6. The quantitative estimate of drug-likeness (QED) is 0.147. The minimum atomic E-state index is -2.02. The van der Waals surface area contributed by atoms with Gasteiger partial charge < -0.3 is 35.6 Å². The first-order valence-electron chi connectivity index (χ1n) is 6.15. The van der Waals surface area contributed by atoms with E-state index < -0.39 is 42.9 Å². The standard InChI is InChI=1S/C12H21NO8/c1-6(2)12(20)21-4-3-13-11(19)10(18)9(17)8(16)7(15)5-14/h7-10,14-18H,1,3-5H2,2H3,(H,13,19). The summed E-state index contributed by atoms with van der Waals surface area (Å²) in [6.45, 7) is 3.68. The molecule has 0 aliphatic carbocycles. The highest BCUT2D eigenvalue weighted by atomic mass is 16.5. The van der Waals surface area contributed by atoms with Gasteiger partial charge in [0.1, 0.15) is 24.9 Å². The van der Waals surface area contributed by atoms with E-state index in [0.717, 1.165) is 0 Å². The maximum Gasteiger partial charge on any atom is 0.333 e. The van der Waals surface area contributed by atoms with Crippen molar-refractivity contribution in [2.24, 2.45) is 0 Å². The molecule has 0 saturated carbocycles. The van der Waals surface area contributed by atoms with Gasteiger partial charge in [-0.25, -0.2) is 4.79 Å². The summed E-state index contributed by atoms with van der Waals surface area (Å²) in [7, 11) is 0. The first-order chi connectivity index (χ1) is 9.72. The van der Waals surface area contributed by atoms with E-state index in [1.54, 1.807) is 0 Å². The molecule has 0 aliphatic rings. The van der Waals surface area contributed by atoms with Gasteiger partial charge in [-0.1, -0.05) is 6.58 Å². The van der Waals surface area contributed by atoms with Crippen LogP contribution in [0.2, 0.25) is 0 Å². The molecule has 0 saturated heterocycles. The molecule has 6 N–H and O–H groups in total. The summed E-state index contributed by atoms with van der Waals surface area (Å²) in [6.07, 6.45) is -7.58. The van der Waals surface area contributed by atoms with Gasteiger partial charge in [0.05, 0.1) is 13.2 Å². The summed E-state index contributed by atoms with van der Waals surface area (Å²) in [5.74, 6) is -1.66. The van der Waals surface area contributed by atoms with Crippen LogP contribution >= 0.6 is 0 Å². The Morgan fingerprint density at radius 1 is 1.19 bits per heavy atom. The summed E-state index contributed by atoms with van der Waals surface area (Å²) in [5.41, 5.74) is 0.192. The Morgan fingerprint density at radius 3 is 2.24 bits per heavy atom. The molecule has 0 bridgehead atoms. The van der Waals surface area contributed by atoms with Crippen molar-refractivity contribution in [2.75, 3.05) is 19.8 Å². The van der Waals surface area contributed by atoms with E-state index in [1.165, 1.54) is 6.92 Å². The first-order valence-corrected chi connectivity index (χ1v) is 6.15. The minimum absolute atomic E-state index is 0.125. The highest BCUT2D eigenvalue weighted by molar-refractivity contribution is 5.87. The molecular formula is C12H21NO8. The number of carbonyl (C=O) groups is 2. The van der Waals surface area contributed by atoms with E-state index in [4.69, 9.17) is 10.2 Å². The van der Waals surface area contributed by atoms with Gasteiger partial charge in [0.2, 0.25) is 0 Å². The monoisotopic (exact) mass is 307 g/mol. The molecule has 0 rings (SSSR count). The van der Waals surface area contributed by atoms with Crippen LogP contribution in [0.25, 0.3) is 0 Å². The van der Waals surface area contributed by atoms with Crippen molar-refractivity contribution in [3.63, 3.8) is 0 Å². The van der Waals surface area contributed by atoms with E-state index in [2.05, 4.69) is 16.6 Å². The zero-order valence-corrected chi connectivity index (χ0v) is 11.6. The molecule has 0 aromatic rings. The van der Waals surface area contributed by atoms with Gasteiger partial charge in [-0.2, -0.15) is 0 Å². The van der Waals surface area contributed by atoms with Crippen LogP contribution in [0.3, 0.4) is 0 Å². The molecule has 0 spiro atoms. The van der Waals surface area contributed by atoms with Crippen LogP contribution in [0.1, 0.15) is 6.92 Å². The van der Waals surface area contributed by atoms with Crippen molar-refractivity contribution in [3.05, 3.63) is 12.2 Å². The molecule has 1 amide bonds. The Bertz CT molecular complexity index is 372. The van der Waals surface area contributed by atoms with Crippen molar-refractivity contribution in [1.29, 1.82) is 0 Å². The third-order valence-electron chi connectivity index (χ3n) is 2.51. The molecular weight excluding hydrogens is 286 g/mol. The van der Waals surface area contributed by atoms with E-state index in [1.807, 2.05) is 0 Å². The molecule has 9 heteroatoms. The lowest BCUT2D eigenvalue weighted by Crippen LogP contribution is -2.52. The molecule has 4 atom stereocenters. The fourth-order valence-corrected chi connectivity index (χ4v) is 1.22. The number of amides is 1. The Labute approximate surface area is 121 Å². The van der Waals surface area contributed by atoms with Crippen molar-refractivity contribution in [3.8, 4) is 0 Å². The molecule has 4 unspecified atom stereocenters. The van der Waals surface area contributed by atoms with Gasteiger partial charge in [0.25, 0.3) is 5.91 Å². The summed E-state index contributed by atoms with van der Waals surface area (Å²) in [6, 6.07) is 0. The number of esters is 1. The van der Waals surface area contributed by atoms with E-state index in [-0.39, 0.29) is 18.7 Å². The SMILES string of the molecule is C=C(C)C(=O)OCCNC(=O)C(O)C(O)C(O)C(O)CO. The van der Waals surface area contributed by atoms with E-state index in [0.29, 0.717) is 0 Å². The lowest BCUT2D eigenvalue weighted by molar-refractivity contribution is -0.149. The first kappa shape index (κ1) is 19.5. The lowest BCUT2D eigenvalue weighted by atomic mass is 10.0. The highest BCUT2D eigenvalue weighted by Gasteiger charge is 2.33. The Balaban J connectivity index is 4.16. The molecule has 0 fully saturated rings. The molecule has 0 aliphatic heterocycles. The predicted octanol–water partition coefficient (Wildman–Crippen LogP) is -3.34. The second-order valence-electron chi connectivity index (χ2n) is 4.38. The minimum Gasteiger partial charge on any atom is -0.460 e. The van der Waals surface area contributed by atoms with E-state index >= 15 is 0 Å². The molecule has 0 aromatic carbocycles. The second kappa shape index (κ2) is 9.42. The van der Waals surface area contributed by atoms with Crippen LogP contribution in [-0.2, 0) is 14.3 Å². The molecule has 21 heavy (non-hydrogen) atoms. The van der Waals surface area contributed by atoms with Crippen LogP contribution in [0.5, 0.6) is 0 Å². The molecule has 0 aromatic heterocycles. The highest BCUT2D eigenvalue weighted by Crippen LogP contribution is 2.05. The fourth-order valence-electron chi connectivity index (χ4n) is 1.22. The molecule has 122 valence electrons. The molecule has 0 heterocycles. The third kappa shape index (κ3) is 6.65. The number of ether oxygens (including phenoxy) is 1. The van der Waals surface area contributed by atoms with Gasteiger partial charge in [0, 0.05) is 5.57 Å². The van der Waals surface area contributed by atoms with Gasteiger partial charge in [-0.3, -0.25) is 4.79 Å². The zero-order valence-electron chi connectivity index (χ0n) is 11.6. The summed E-state index contributed by atoms with van der Waals surface area (Å²) < 4.78 is 4.68. The summed E-state index contributed by atoms with van der Waals surface area (Å²) in [5, 5.41) is 48.1. The summed E-state index contributed by atoms with van der Waals surface area (Å²) >= 11 is 0. The average molecular weight is 307 g/mol. The molecule has 0 radical (unpaired) electrons. The van der Waals surface area contributed by atoms with Crippen LogP contribution < -0.4 is 5.32 Å². The maximum atomic E-state index is 11.4. The van der Waals surface area contributed by atoms with Crippen molar-refractivity contribution >= 4 is 11.9 Å². The number of carbonyl (C=O) groups excluding carboxylic acids is 2. The van der Waals surface area contributed by atoms with Gasteiger partial charge in [0.15, 0.2) is 6.10 Å². The van der Waals surface area contributed by atoms with Crippen LogP contribution in [0, 0.1) is 0 Å². The average Bonchev–Trinajstić information content (AvgIpc) is 2.47. The molecule has 9 nitrogen and oxygen atoms in total. The van der Waals surface area contributed by atoms with Crippen LogP contribution in [0.4, 0.5) is 0 Å². The number of rotatable bonds is 9. The maximum absolute atomic E-state index is 11.4. The van der Waals surface area contributed by atoms with Gasteiger partial charge >= 0.3 is 5.97 Å². The van der Waals surface area contributed by atoms with E-state index in [9.17, 15) is 24.9 Å². The predicted molar refractivity (Wildman–Crippen MR) is 69.9 cm³/mol. The Morgan fingerprint density at radius 2 is 1.76 bits per heavy atom. The topological polar surface area (TPSA) is 157 Å².